The molecule has 4 nitrogen and oxygen atoms in total. The Hall–Kier alpha value is 0.270. The lowest BCUT2D eigenvalue weighted by molar-refractivity contribution is -0.152. The van der Waals surface area contributed by atoms with Crippen molar-refractivity contribution in [3.05, 3.63) is 0 Å². The number of hydrogen-bond donors (Lipinski definition) is 1. The van der Waals surface area contributed by atoms with E-state index in [1.165, 1.54) is 0 Å². The molecule has 1 fully saturated rings. The summed E-state index contributed by atoms with van der Waals surface area (Å²) in [6, 6.07) is 0. The van der Waals surface area contributed by atoms with Gasteiger partial charge in [-0.15, -0.1) is 0 Å². The Kier molecular flexibility index (Phi) is 3.44. The molecule has 5 heteroatoms. The molecular formula is C7H15O4P. The van der Waals surface area contributed by atoms with Crippen LogP contribution in [0.15, 0.2) is 0 Å². The van der Waals surface area contributed by atoms with Gasteiger partial charge in [0.25, 0.3) is 0 Å². The normalized spacial score (nSPS) is 30.5. The van der Waals surface area contributed by atoms with Gasteiger partial charge in [0.15, 0.2) is 5.79 Å². The van der Waals surface area contributed by atoms with Crippen LogP contribution >= 0.6 is 9.47 Å². The fourth-order valence-electron chi connectivity index (χ4n) is 1.11. The fraction of sp³-hybridized carbons (Fsp3) is 1.00. The number of hydrogen-bond acceptors (Lipinski definition) is 4. The van der Waals surface area contributed by atoms with Crippen molar-refractivity contribution in [1.82, 2.24) is 0 Å². The van der Waals surface area contributed by atoms with Gasteiger partial charge in [-0.25, -0.2) is 0 Å². The molecule has 0 aromatic carbocycles. The molecule has 0 amide bonds. The molecule has 1 heterocycles. The zero-order chi connectivity index (χ0) is 9.19. The lowest BCUT2D eigenvalue weighted by atomic mass is 10.2. The first-order valence-corrected chi connectivity index (χ1v) is 4.34. The number of ether oxygens (including phenoxy) is 2. The summed E-state index contributed by atoms with van der Waals surface area (Å²) in [7, 11) is 2.09. The first-order valence-electron chi connectivity index (χ1n) is 3.87. The molecule has 3 atom stereocenters. The van der Waals surface area contributed by atoms with E-state index in [2.05, 4.69) is 9.47 Å². The second-order valence-corrected chi connectivity index (χ2v) is 3.60. The van der Waals surface area contributed by atoms with Crippen molar-refractivity contribution in [2.75, 3.05) is 13.2 Å². The molecule has 0 bridgehead atoms. The van der Waals surface area contributed by atoms with Crippen molar-refractivity contribution in [3.8, 4) is 0 Å². The highest BCUT2D eigenvalue weighted by Gasteiger charge is 2.36. The molecule has 12 heavy (non-hydrogen) atoms. The molecule has 1 saturated heterocycles. The molecule has 0 saturated carbocycles. The van der Waals surface area contributed by atoms with Crippen molar-refractivity contribution in [2.45, 2.75) is 31.8 Å². The molecule has 1 rings (SSSR count). The Morgan fingerprint density at radius 3 is 2.83 bits per heavy atom. The Morgan fingerprint density at radius 1 is 1.75 bits per heavy atom. The first-order chi connectivity index (χ1) is 5.55. The average molecular weight is 194 g/mol. The first kappa shape index (κ1) is 10.4. The summed E-state index contributed by atoms with van der Waals surface area (Å²) in [5, 5.41) is 9.44. The maximum atomic E-state index is 9.44. The second kappa shape index (κ2) is 3.99. The smallest absolute Gasteiger partial charge is 0.163 e. The van der Waals surface area contributed by atoms with Crippen molar-refractivity contribution < 1.29 is 19.1 Å². The minimum absolute atomic E-state index is 0.245. The monoisotopic (exact) mass is 194 g/mol. The van der Waals surface area contributed by atoms with Gasteiger partial charge < -0.3 is 19.1 Å². The Bertz CT molecular complexity index is 150. The van der Waals surface area contributed by atoms with Gasteiger partial charge >= 0.3 is 0 Å². The van der Waals surface area contributed by atoms with Gasteiger partial charge in [0.1, 0.15) is 12.2 Å². The quantitative estimate of drug-likeness (QED) is 0.657. The van der Waals surface area contributed by atoms with Crippen LogP contribution in [0.2, 0.25) is 0 Å². The van der Waals surface area contributed by atoms with E-state index in [0.717, 1.165) is 0 Å². The summed E-state index contributed by atoms with van der Waals surface area (Å²) in [6.07, 6.45) is -0.898. The topological polar surface area (TPSA) is 47.9 Å². The maximum Gasteiger partial charge on any atom is 0.163 e. The van der Waals surface area contributed by atoms with Crippen molar-refractivity contribution >= 4 is 9.47 Å². The standard InChI is InChI=1S/C7H15O4P/c1-7(2)9-4-6(11-7)5(8)3-10-12/h5-6,8H,3-4,12H2,1-2H3/t5-,6+/m0/s1. The highest BCUT2D eigenvalue weighted by Crippen LogP contribution is 2.24. The summed E-state index contributed by atoms with van der Waals surface area (Å²) >= 11 is 0. The lowest BCUT2D eigenvalue weighted by Gasteiger charge is -2.19. The van der Waals surface area contributed by atoms with Crippen molar-refractivity contribution in [3.63, 3.8) is 0 Å². The van der Waals surface area contributed by atoms with E-state index in [1.807, 2.05) is 13.8 Å². The van der Waals surface area contributed by atoms with Crippen LogP contribution in [0.4, 0.5) is 0 Å². The molecule has 1 N–H and O–H groups in total. The van der Waals surface area contributed by atoms with Gasteiger partial charge in [0, 0.05) is 9.47 Å². The minimum atomic E-state index is -0.621. The molecule has 0 aliphatic carbocycles. The third-order valence-corrected chi connectivity index (χ3v) is 1.92. The van der Waals surface area contributed by atoms with Gasteiger partial charge in [-0.05, 0) is 13.8 Å². The van der Waals surface area contributed by atoms with E-state index in [0.29, 0.717) is 6.61 Å². The van der Waals surface area contributed by atoms with Crippen LogP contribution in [0.5, 0.6) is 0 Å². The van der Waals surface area contributed by atoms with Crippen LogP contribution in [0.1, 0.15) is 13.8 Å². The third kappa shape index (κ3) is 2.64. The number of aliphatic hydroxyl groups excluding tert-OH is 1. The van der Waals surface area contributed by atoms with Crippen LogP contribution in [0.25, 0.3) is 0 Å². The summed E-state index contributed by atoms with van der Waals surface area (Å²) < 4.78 is 15.4. The van der Waals surface area contributed by atoms with E-state index in [1.54, 1.807) is 0 Å². The zero-order valence-corrected chi connectivity index (χ0v) is 8.47. The van der Waals surface area contributed by atoms with E-state index in [4.69, 9.17) is 14.0 Å². The molecule has 0 aromatic heterocycles. The molecule has 1 unspecified atom stereocenters. The van der Waals surface area contributed by atoms with Crippen molar-refractivity contribution in [1.29, 1.82) is 0 Å². The van der Waals surface area contributed by atoms with Crippen LogP contribution in [0.3, 0.4) is 0 Å². The Labute approximate surface area is 74.5 Å². The lowest BCUT2D eigenvalue weighted by Crippen LogP contribution is -2.33. The van der Waals surface area contributed by atoms with Crippen LogP contribution in [-0.4, -0.2) is 36.3 Å². The molecule has 0 spiro atoms. The second-order valence-electron chi connectivity index (χ2n) is 3.27. The predicted molar refractivity (Wildman–Crippen MR) is 46.6 cm³/mol. The Balaban J connectivity index is 2.36. The number of aliphatic hydroxyl groups is 1. The van der Waals surface area contributed by atoms with Gasteiger partial charge in [0.05, 0.1) is 13.2 Å². The van der Waals surface area contributed by atoms with Gasteiger partial charge in [-0.1, -0.05) is 0 Å². The van der Waals surface area contributed by atoms with Crippen LogP contribution in [0, 0.1) is 0 Å². The van der Waals surface area contributed by atoms with Crippen LogP contribution in [-0.2, 0) is 14.0 Å². The molecule has 0 aromatic rings. The molecule has 0 radical (unpaired) electrons. The SMILES string of the molecule is CC1(C)OC[C@H]([C@@H](O)COP)O1. The molecule has 1 aliphatic rings. The summed E-state index contributed by atoms with van der Waals surface area (Å²) in [5.41, 5.74) is 0. The summed E-state index contributed by atoms with van der Waals surface area (Å²) in [4.78, 5) is 0. The van der Waals surface area contributed by atoms with E-state index in [9.17, 15) is 5.11 Å². The predicted octanol–water partition coefficient (Wildman–Crippen LogP) is 0.305. The van der Waals surface area contributed by atoms with Crippen molar-refractivity contribution in [2.24, 2.45) is 0 Å². The average Bonchev–Trinajstić information content (AvgIpc) is 2.31. The molecule has 72 valence electrons. The van der Waals surface area contributed by atoms with Gasteiger partial charge in [-0.3, -0.25) is 0 Å². The molecular weight excluding hydrogens is 179 g/mol. The fourth-order valence-corrected chi connectivity index (χ4v) is 1.31. The third-order valence-electron chi connectivity index (χ3n) is 1.73. The van der Waals surface area contributed by atoms with E-state index in [-0.39, 0.29) is 12.7 Å². The van der Waals surface area contributed by atoms with Crippen LogP contribution < -0.4 is 0 Å². The highest BCUT2D eigenvalue weighted by molar-refractivity contribution is 7.09. The van der Waals surface area contributed by atoms with E-state index < -0.39 is 11.9 Å². The van der Waals surface area contributed by atoms with E-state index >= 15 is 0 Å². The largest absolute Gasteiger partial charge is 0.388 e. The number of rotatable bonds is 3. The van der Waals surface area contributed by atoms with Gasteiger partial charge in [0.2, 0.25) is 0 Å². The van der Waals surface area contributed by atoms with Gasteiger partial charge in [-0.2, -0.15) is 0 Å². The summed E-state index contributed by atoms with van der Waals surface area (Å²) in [5.74, 6) is -0.577. The Morgan fingerprint density at radius 2 is 2.42 bits per heavy atom. The molecule has 1 aliphatic heterocycles. The highest BCUT2D eigenvalue weighted by atomic mass is 31.0. The maximum absolute atomic E-state index is 9.44. The summed E-state index contributed by atoms with van der Waals surface area (Å²) in [6.45, 7) is 4.31. The zero-order valence-electron chi connectivity index (χ0n) is 7.32. The minimum Gasteiger partial charge on any atom is -0.388 e.